The molecule has 2 aromatic rings. The molecule has 3 atom stereocenters. The first-order valence-corrected chi connectivity index (χ1v) is 9.77. The number of hydrogen-bond acceptors (Lipinski definition) is 3. The van der Waals surface area contributed by atoms with Crippen LogP contribution >= 0.6 is 11.3 Å². The van der Waals surface area contributed by atoms with Crippen molar-refractivity contribution in [2.45, 2.75) is 51.7 Å². The van der Waals surface area contributed by atoms with Crippen LogP contribution in [0.15, 0.2) is 35.7 Å². The maximum absolute atomic E-state index is 13.1. The van der Waals surface area contributed by atoms with Crippen molar-refractivity contribution in [2.24, 2.45) is 0 Å². The highest BCUT2D eigenvalue weighted by Gasteiger charge is 2.33. The Morgan fingerprint density at radius 2 is 2.04 bits per heavy atom. The molecule has 0 saturated carbocycles. The van der Waals surface area contributed by atoms with E-state index >= 15 is 0 Å². The zero-order chi connectivity index (χ0) is 18.0. The first kappa shape index (κ1) is 18.1. The summed E-state index contributed by atoms with van der Waals surface area (Å²) in [7, 11) is 0. The fourth-order valence-electron chi connectivity index (χ4n) is 3.65. The molecule has 0 fully saturated rings. The quantitative estimate of drug-likeness (QED) is 0.854. The lowest BCUT2D eigenvalue weighted by Crippen LogP contribution is -2.49. The van der Waals surface area contributed by atoms with Crippen molar-refractivity contribution in [3.05, 3.63) is 57.5 Å². The van der Waals surface area contributed by atoms with Crippen molar-refractivity contribution in [3.8, 4) is 0 Å². The van der Waals surface area contributed by atoms with Gasteiger partial charge < -0.3 is 5.32 Å². The maximum Gasteiger partial charge on any atom is 0.237 e. The summed E-state index contributed by atoms with van der Waals surface area (Å²) in [4.78, 5) is 16.5. The van der Waals surface area contributed by atoms with Crippen LogP contribution < -0.4 is 5.32 Å². The largest absolute Gasteiger partial charge is 0.348 e. The molecule has 3 nitrogen and oxygen atoms in total. The Kier molecular flexibility index (Phi) is 5.54. The minimum atomic E-state index is -0.263. The van der Waals surface area contributed by atoms with Crippen LogP contribution in [0.5, 0.6) is 0 Å². The summed E-state index contributed by atoms with van der Waals surface area (Å²) in [6.45, 7) is 7.00. The van der Waals surface area contributed by atoms with E-state index < -0.39 is 0 Å². The third kappa shape index (κ3) is 3.77. The van der Waals surface area contributed by atoms with Gasteiger partial charge in [-0.05, 0) is 61.4 Å². The van der Waals surface area contributed by atoms with Gasteiger partial charge in [0.2, 0.25) is 5.91 Å². The van der Waals surface area contributed by atoms with E-state index in [9.17, 15) is 9.18 Å². The standard InChI is InChI=1S/C20H25FN2OS/c1-4-18-17-10-12-25-19(17)9-11-23(18)14(3)20(24)22-13(2)15-5-7-16(21)8-6-15/h5-8,10,12-14,18H,4,9,11H2,1-3H3,(H,22,24)/t13-,14+,18-/m1/s1. The van der Waals surface area contributed by atoms with E-state index in [2.05, 4.69) is 28.6 Å². The van der Waals surface area contributed by atoms with Crippen molar-refractivity contribution in [3.63, 3.8) is 0 Å². The SMILES string of the molecule is CC[C@@H]1c2ccsc2CCN1[C@@H](C)C(=O)N[C@H](C)c1ccc(F)cc1. The summed E-state index contributed by atoms with van der Waals surface area (Å²) < 4.78 is 13.1. The van der Waals surface area contributed by atoms with Crippen LogP contribution in [0.3, 0.4) is 0 Å². The predicted octanol–water partition coefficient (Wildman–Crippen LogP) is 4.46. The number of fused-ring (bicyclic) bond motifs is 1. The van der Waals surface area contributed by atoms with Crippen LogP contribution in [-0.4, -0.2) is 23.4 Å². The van der Waals surface area contributed by atoms with Crippen LogP contribution in [-0.2, 0) is 11.2 Å². The molecule has 0 unspecified atom stereocenters. The van der Waals surface area contributed by atoms with Crippen LogP contribution in [0.4, 0.5) is 4.39 Å². The van der Waals surface area contributed by atoms with Gasteiger partial charge >= 0.3 is 0 Å². The van der Waals surface area contributed by atoms with E-state index in [1.165, 1.54) is 22.6 Å². The summed E-state index contributed by atoms with van der Waals surface area (Å²) in [5, 5.41) is 5.23. The summed E-state index contributed by atoms with van der Waals surface area (Å²) in [6.07, 6.45) is 2.00. The minimum absolute atomic E-state index is 0.0222. The lowest BCUT2D eigenvalue weighted by Gasteiger charge is -2.39. The molecule has 0 spiro atoms. The molecule has 1 amide bonds. The van der Waals surface area contributed by atoms with Gasteiger partial charge in [0.1, 0.15) is 5.82 Å². The lowest BCUT2D eigenvalue weighted by atomic mass is 9.96. The van der Waals surface area contributed by atoms with Crippen molar-refractivity contribution in [1.82, 2.24) is 10.2 Å². The van der Waals surface area contributed by atoms with Gasteiger partial charge in [0.25, 0.3) is 0 Å². The molecule has 1 N–H and O–H groups in total. The van der Waals surface area contributed by atoms with Crippen molar-refractivity contribution in [1.29, 1.82) is 0 Å². The molecule has 0 radical (unpaired) electrons. The number of carbonyl (C=O) groups excluding carboxylic acids is 1. The zero-order valence-electron chi connectivity index (χ0n) is 15.0. The third-order valence-electron chi connectivity index (χ3n) is 5.13. The highest BCUT2D eigenvalue weighted by Crippen LogP contribution is 2.36. The molecule has 0 saturated heterocycles. The van der Waals surface area contributed by atoms with Gasteiger partial charge in [-0.1, -0.05) is 19.1 Å². The number of nitrogens with zero attached hydrogens (tertiary/aromatic N) is 1. The van der Waals surface area contributed by atoms with Gasteiger partial charge in [-0.15, -0.1) is 11.3 Å². The molecule has 5 heteroatoms. The van der Waals surface area contributed by atoms with Crippen LogP contribution in [0.25, 0.3) is 0 Å². The predicted molar refractivity (Wildman–Crippen MR) is 100 cm³/mol. The van der Waals surface area contributed by atoms with Gasteiger partial charge in [-0.3, -0.25) is 9.69 Å². The van der Waals surface area contributed by atoms with Crippen LogP contribution in [0.1, 0.15) is 55.3 Å². The Morgan fingerprint density at radius 1 is 1.32 bits per heavy atom. The van der Waals surface area contributed by atoms with Crippen LogP contribution in [0, 0.1) is 5.82 Å². The highest BCUT2D eigenvalue weighted by molar-refractivity contribution is 7.10. The topological polar surface area (TPSA) is 32.3 Å². The lowest BCUT2D eigenvalue weighted by molar-refractivity contribution is -0.127. The van der Waals surface area contributed by atoms with E-state index in [0.29, 0.717) is 6.04 Å². The second kappa shape index (κ2) is 7.67. The molecule has 3 rings (SSSR count). The first-order chi connectivity index (χ1) is 12.0. The van der Waals surface area contributed by atoms with Crippen LogP contribution in [0.2, 0.25) is 0 Å². The Labute approximate surface area is 152 Å². The number of halogens is 1. The van der Waals surface area contributed by atoms with Gasteiger partial charge in [-0.2, -0.15) is 0 Å². The average Bonchev–Trinajstić information content (AvgIpc) is 3.09. The maximum atomic E-state index is 13.1. The Bertz CT molecular complexity index is 728. The molecule has 0 bridgehead atoms. The molecule has 134 valence electrons. The van der Waals surface area contributed by atoms with Crippen molar-refractivity contribution >= 4 is 17.2 Å². The number of hydrogen-bond donors (Lipinski definition) is 1. The molecule has 1 aliphatic heterocycles. The van der Waals surface area contributed by atoms with E-state index in [-0.39, 0.29) is 23.8 Å². The zero-order valence-corrected chi connectivity index (χ0v) is 15.8. The fraction of sp³-hybridized carbons (Fsp3) is 0.450. The summed E-state index contributed by atoms with van der Waals surface area (Å²) in [6, 6.07) is 8.46. The molecular formula is C20H25FN2OS. The molecule has 25 heavy (non-hydrogen) atoms. The number of benzene rings is 1. The van der Waals surface area contributed by atoms with E-state index in [0.717, 1.165) is 24.9 Å². The fourth-order valence-corrected chi connectivity index (χ4v) is 4.58. The third-order valence-corrected chi connectivity index (χ3v) is 6.13. The molecule has 1 aromatic heterocycles. The Morgan fingerprint density at radius 3 is 2.72 bits per heavy atom. The van der Waals surface area contributed by atoms with Crippen molar-refractivity contribution in [2.75, 3.05) is 6.54 Å². The normalized spacial score (nSPS) is 19.9. The van der Waals surface area contributed by atoms with Gasteiger partial charge in [0, 0.05) is 17.5 Å². The smallest absolute Gasteiger partial charge is 0.237 e. The molecule has 2 heterocycles. The molecule has 1 aliphatic rings. The molecule has 1 aromatic carbocycles. The second-order valence-corrected chi connectivity index (χ2v) is 7.67. The summed E-state index contributed by atoms with van der Waals surface area (Å²) in [5.41, 5.74) is 2.29. The van der Waals surface area contributed by atoms with Crippen molar-refractivity contribution < 1.29 is 9.18 Å². The van der Waals surface area contributed by atoms with Gasteiger partial charge in [0.15, 0.2) is 0 Å². The minimum Gasteiger partial charge on any atom is -0.348 e. The number of amides is 1. The monoisotopic (exact) mass is 360 g/mol. The Balaban J connectivity index is 1.68. The number of carbonyl (C=O) groups is 1. The number of nitrogens with one attached hydrogen (secondary N) is 1. The number of thiophene rings is 1. The summed E-state index contributed by atoms with van der Waals surface area (Å²) >= 11 is 1.82. The molecule has 0 aliphatic carbocycles. The van der Waals surface area contributed by atoms with Gasteiger partial charge in [-0.25, -0.2) is 4.39 Å². The average molecular weight is 360 g/mol. The second-order valence-electron chi connectivity index (χ2n) is 6.67. The Hall–Kier alpha value is -1.72. The highest BCUT2D eigenvalue weighted by atomic mass is 32.1. The summed E-state index contributed by atoms with van der Waals surface area (Å²) in [5.74, 6) is -0.240. The van der Waals surface area contributed by atoms with E-state index in [4.69, 9.17) is 0 Å². The first-order valence-electron chi connectivity index (χ1n) is 8.89. The van der Waals surface area contributed by atoms with E-state index in [1.54, 1.807) is 12.1 Å². The van der Waals surface area contributed by atoms with E-state index in [1.807, 2.05) is 25.2 Å². The number of rotatable bonds is 5. The van der Waals surface area contributed by atoms with Gasteiger partial charge in [0.05, 0.1) is 12.1 Å². The molecular weight excluding hydrogens is 335 g/mol.